The van der Waals surface area contributed by atoms with Crippen LogP contribution in [-0.2, 0) is 16.7 Å². The molecule has 11 heteroatoms. The second-order valence-corrected chi connectivity index (χ2v) is 7.64. The van der Waals surface area contributed by atoms with Crippen molar-refractivity contribution >= 4 is 46.7 Å². The van der Waals surface area contributed by atoms with Crippen LogP contribution in [0.25, 0.3) is 0 Å². The van der Waals surface area contributed by atoms with Crippen LogP contribution in [0.15, 0.2) is 66.0 Å². The van der Waals surface area contributed by atoms with Crippen LogP contribution in [0.2, 0.25) is 0 Å². The molecule has 0 saturated heterocycles. The Morgan fingerprint density at radius 1 is 1.00 bits per heavy atom. The first-order valence-electron chi connectivity index (χ1n) is 9.13. The zero-order valence-electron chi connectivity index (χ0n) is 16.3. The van der Waals surface area contributed by atoms with E-state index in [1.54, 1.807) is 18.2 Å². The number of carbonyl (C=O) groups is 2. The Bertz CT molecular complexity index is 1130. The van der Waals surface area contributed by atoms with E-state index in [2.05, 4.69) is 20.6 Å². The summed E-state index contributed by atoms with van der Waals surface area (Å²) in [5.74, 6) is -0.407. The van der Waals surface area contributed by atoms with E-state index in [9.17, 15) is 22.8 Å². The minimum absolute atomic E-state index is 0.0263. The van der Waals surface area contributed by atoms with Crippen LogP contribution < -0.4 is 10.6 Å². The largest absolute Gasteiger partial charge is 0.416 e. The zero-order valence-corrected chi connectivity index (χ0v) is 17.9. The summed E-state index contributed by atoms with van der Waals surface area (Å²) in [6, 6.07) is 10.9. The van der Waals surface area contributed by atoms with Gasteiger partial charge in [-0.2, -0.15) is 13.2 Å². The molecule has 0 unspecified atom stereocenters. The molecule has 0 saturated carbocycles. The molecule has 0 fully saturated rings. The third kappa shape index (κ3) is 6.44. The fourth-order valence-electron chi connectivity index (χ4n) is 2.61. The SMILES string of the molecule is O=C(CCl)Nc1cc(CSc2ncccc2C(=O)Nc2cccc(C(F)(F)F)c2)ccn1. The number of amides is 2. The average molecular weight is 481 g/mol. The van der Waals surface area contributed by atoms with Crippen LogP contribution >= 0.6 is 23.4 Å². The molecule has 2 aromatic heterocycles. The summed E-state index contributed by atoms with van der Waals surface area (Å²) in [6.07, 6.45) is -1.47. The van der Waals surface area contributed by atoms with Crippen molar-refractivity contribution in [2.45, 2.75) is 17.0 Å². The van der Waals surface area contributed by atoms with Gasteiger partial charge < -0.3 is 10.6 Å². The Kier molecular flexibility index (Phi) is 7.70. The van der Waals surface area contributed by atoms with E-state index >= 15 is 0 Å². The smallest absolute Gasteiger partial charge is 0.322 e. The van der Waals surface area contributed by atoms with Gasteiger partial charge in [0.05, 0.1) is 11.1 Å². The summed E-state index contributed by atoms with van der Waals surface area (Å²) >= 11 is 6.73. The monoisotopic (exact) mass is 480 g/mol. The average Bonchev–Trinajstić information content (AvgIpc) is 2.77. The highest BCUT2D eigenvalue weighted by atomic mass is 35.5. The van der Waals surface area contributed by atoms with Gasteiger partial charge in [-0.15, -0.1) is 23.4 Å². The highest BCUT2D eigenvalue weighted by Crippen LogP contribution is 2.31. The molecule has 32 heavy (non-hydrogen) atoms. The van der Waals surface area contributed by atoms with E-state index in [0.29, 0.717) is 16.6 Å². The van der Waals surface area contributed by atoms with Gasteiger partial charge in [0.15, 0.2) is 0 Å². The van der Waals surface area contributed by atoms with E-state index < -0.39 is 17.6 Å². The highest BCUT2D eigenvalue weighted by Gasteiger charge is 2.30. The van der Waals surface area contributed by atoms with Crippen molar-refractivity contribution in [1.82, 2.24) is 9.97 Å². The van der Waals surface area contributed by atoms with Gasteiger partial charge in [-0.3, -0.25) is 9.59 Å². The fraction of sp³-hybridized carbons (Fsp3) is 0.143. The van der Waals surface area contributed by atoms with Crippen molar-refractivity contribution in [3.05, 3.63) is 77.6 Å². The van der Waals surface area contributed by atoms with Gasteiger partial charge in [-0.25, -0.2) is 9.97 Å². The minimum Gasteiger partial charge on any atom is -0.322 e. The van der Waals surface area contributed by atoms with Crippen molar-refractivity contribution < 1.29 is 22.8 Å². The second-order valence-electron chi connectivity index (χ2n) is 6.41. The van der Waals surface area contributed by atoms with Crippen molar-refractivity contribution in [3.63, 3.8) is 0 Å². The van der Waals surface area contributed by atoms with Crippen LogP contribution in [0.4, 0.5) is 24.7 Å². The summed E-state index contributed by atoms with van der Waals surface area (Å²) in [5, 5.41) is 5.44. The number of alkyl halides is 4. The number of aromatic nitrogens is 2. The second kappa shape index (κ2) is 10.5. The first-order chi connectivity index (χ1) is 15.3. The summed E-state index contributed by atoms with van der Waals surface area (Å²) < 4.78 is 38.7. The molecule has 0 aliphatic heterocycles. The Balaban J connectivity index is 1.72. The lowest BCUT2D eigenvalue weighted by atomic mass is 10.2. The molecular weight excluding hydrogens is 465 g/mol. The van der Waals surface area contributed by atoms with Gasteiger partial charge in [0.2, 0.25) is 5.91 Å². The Hall–Kier alpha value is -3.11. The maximum atomic E-state index is 12.9. The van der Waals surface area contributed by atoms with Crippen molar-refractivity contribution in [3.8, 4) is 0 Å². The lowest BCUT2D eigenvalue weighted by molar-refractivity contribution is -0.137. The number of hydrogen-bond acceptors (Lipinski definition) is 5. The Labute approximate surface area is 190 Å². The summed E-state index contributed by atoms with van der Waals surface area (Å²) in [7, 11) is 0. The molecule has 1 aromatic carbocycles. The van der Waals surface area contributed by atoms with Gasteiger partial charge in [0.1, 0.15) is 16.7 Å². The molecule has 0 bridgehead atoms. The summed E-state index contributed by atoms with van der Waals surface area (Å²) in [4.78, 5) is 32.4. The number of nitrogens with one attached hydrogen (secondary N) is 2. The molecule has 0 atom stereocenters. The molecule has 3 aromatic rings. The number of nitrogens with zero attached hydrogens (tertiary/aromatic N) is 2. The molecule has 2 amide bonds. The predicted octanol–water partition coefficient (Wildman–Crippen LogP) is 5.22. The Morgan fingerprint density at radius 3 is 2.56 bits per heavy atom. The quantitative estimate of drug-likeness (QED) is 0.358. The molecule has 6 nitrogen and oxygen atoms in total. The van der Waals surface area contributed by atoms with E-state index in [1.807, 2.05) is 0 Å². The molecule has 2 heterocycles. The van der Waals surface area contributed by atoms with Crippen molar-refractivity contribution in [2.75, 3.05) is 16.5 Å². The maximum Gasteiger partial charge on any atom is 0.416 e. The number of hydrogen-bond donors (Lipinski definition) is 2. The van der Waals surface area contributed by atoms with Crippen LogP contribution in [0.5, 0.6) is 0 Å². The standard InChI is InChI=1S/C21H16ClF3N4O2S/c22-11-18(30)29-17-9-13(6-8-26-17)12-32-20-16(5-2-7-27-20)19(31)28-15-4-1-3-14(10-15)21(23,24)25/h1-10H,11-12H2,(H,28,31)(H,26,29,30). The molecule has 0 radical (unpaired) electrons. The predicted molar refractivity (Wildman–Crippen MR) is 117 cm³/mol. The van der Waals surface area contributed by atoms with Gasteiger partial charge in [-0.1, -0.05) is 6.07 Å². The van der Waals surface area contributed by atoms with Crippen LogP contribution in [-0.4, -0.2) is 27.7 Å². The normalized spacial score (nSPS) is 11.1. The fourth-order valence-corrected chi connectivity index (χ4v) is 3.61. The lowest BCUT2D eigenvalue weighted by Crippen LogP contribution is -2.14. The lowest BCUT2D eigenvalue weighted by Gasteiger charge is -2.11. The van der Waals surface area contributed by atoms with Crippen molar-refractivity contribution in [1.29, 1.82) is 0 Å². The van der Waals surface area contributed by atoms with Crippen LogP contribution in [0, 0.1) is 0 Å². The van der Waals surface area contributed by atoms with Gasteiger partial charge in [-0.05, 0) is 48.0 Å². The molecule has 0 aliphatic carbocycles. The van der Waals surface area contributed by atoms with Crippen LogP contribution in [0.3, 0.4) is 0 Å². The molecule has 166 valence electrons. The molecule has 0 aliphatic rings. The van der Waals surface area contributed by atoms with Gasteiger partial charge in [0, 0.05) is 23.8 Å². The summed E-state index contributed by atoms with van der Waals surface area (Å²) in [6.45, 7) is 0. The molecular formula is C21H16ClF3N4O2S. The third-order valence-corrected chi connectivity index (χ3v) is 5.37. The van der Waals surface area contributed by atoms with E-state index in [1.165, 1.54) is 42.4 Å². The molecule has 3 rings (SSSR count). The molecule has 0 spiro atoms. The number of halogens is 4. The van der Waals surface area contributed by atoms with Crippen molar-refractivity contribution in [2.24, 2.45) is 0 Å². The topological polar surface area (TPSA) is 84.0 Å². The third-order valence-electron chi connectivity index (χ3n) is 4.05. The van der Waals surface area contributed by atoms with Gasteiger partial charge in [0.25, 0.3) is 5.91 Å². The minimum atomic E-state index is -4.51. The number of rotatable bonds is 7. The number of anilines is 2. The maximum absolute atomic E-state index is 12.9. The van der Waals surface area contributed by atoms with E-state index in [-0.39, 0.29) is 23.0 Å². The van der Waals surface area contributed by atoms with Gasteiger partial charge >= 0.3 is 6.18 Å². The highest BCUT2D eigenvalue weighted by molar-refractivity contribution is 7.98. The number of carbonyl (C=O) groups excluding carboxylic acids is 2. The summed E-state index contributed by atoms with van der Waals surface area (Å²) in [5.41, 5.74) is 0.202. The first-order valence-corrected chi connectivity index (χ1v) is 10.7. The zero-order chi connectivity index (χ0) is 23.1. The van der Waals surface area contributed by atoms with Crippen LogP contribution in [0.1, 0.15) is 21.5 Å². The number of thioether (sulfide) groups is 1. The first kappa shape index (κ1) is 23.6. The number of pyridine rings is 2. The van der Waals surface area contributed by atoms with E-state index in [4.69, 9.17) is 11.6 Å². The Morgan fingerprint density at radius 2 is 1.81 bits per heavy atom. The van der Waals surface area contributed by atoms with E-state index in [0.717, 1.165) is 17.7 Å². The number of benzene rings is 1. The molecule has 2 N–H and O–H groups in total.